The van der Waals surface area contributed by atoms with Gasteiger partial charge in [-0.05, 0) is 68.7 Å². The Morgan fingerprint density at radius 1 is 0.930 bits per heavy atom. The molecule has 9 nitrogen and oxygen atoms in total. The van der Waals surface area contributed by atoms with E-state index in [0.717, 1.165) is 27.6 Å². The highest BCUT2D eigenvalue weighted by Gasteiger charge is 2.34. The van der Waals surface area contributed by atoms with Crippen LogP contribution in [0.5, 0.6) is 11.5 Å². The molecule has 2 atom stereocenters. The standard InChI is InChI=1S/C32H38FN3O6S/c1-5-23(4)34-32(38)28(6-2)35(20-24-9-7-22(3)8-10-24)31(37)21-36(26-13-11-25(33)12-14-26)43(39,40)27-15-16-29-30(19-27)42-18-17-41-29/h7-16,19,23,28H,5-6,17-18,20-21H2,1-4H3,(H,34,38). The van der Waals surface area contributed by atoms with E-state index >= 15 is 0 Å². The molecule has 0 saturated carbocycles. The van der Waals surface area contributed by atoms with Crippen LogP contribution >= 0.6 is 0 Å². The number of hydrogen-bond acceptors (Lipinski definition) is 6. The van der Waals surface area contributed by atoms with Crippen LogP contribution in [-0.4, -0.2) is 57.0 Å². The molecular formula is C32H38FN3O6S. The van der Waals surface area contributed by atoms with Crippen LogP contribution in [-0.2, 0) is 26.2 Å². The van der Waals surface area contributed by atoms with Crippen LogP contribution in [0, 0.1) is 12.7 Å². The van der Waals surface area contributed by atoms with E-state index in [1.165, 1.54) is 35.2 Å². The second kappa shape index (κ2) is 13.9. The van der Waals surface area contributed by atoms with E-state index in [2.05, 4.69) is 5.32 Å². The molecule has 1 N–H and O–H groups in total. The number of nitrogens with zero attached hydrogens (tertiary/aromatic N) is 2. The molecule has 0 saturated heterocycles. The molecule has 1 aliphatic rings. The fraction of sp³-hybridized carbons (Fsp3) is 0.375. The lowest BCUT2D eigenvalue weighted by Crippen LogP contribution is -2.53. The number of carbonyl (C=O) groups is 2. The molecule has 0 spiro atoms. The van der Waals surface area contributed by atoms with Crippen LogP contribution in [0.2, 0.25) is 0 Å². The molecule has 0 bridgehead atoms. The number of rotatable bonds is 12. The van der Waals surface area contributed by atoms with E-state index in [1.807, 2.05) is 45.0 Å². The fourth-order valence-electron chi connectivity index (χ4n) is 4.70. The molecule has 2 amide bonds. The number of sulfonamides is 1. The number of halogens is 1. The van der Waals surface area contributed by atoms with Crippen molar-refractivity contribution >= 4 is 27.5 Å². The normalized spacial score (nSPS) is 14.0. The number of ether oxygens (including phenoxy) is 2. The highest BCUT2D eigenvalue weighted by molar-refractivity contribution is 7.92. The Morgan fingerprint density at radius 3 is 2.21 bits per heavy atom. The summed E-state index contributed by atoms with van der Waals surface area (Å²) in [5.74, 6) is -0.776. The highest BCUT2D eigenvalue weighted by atomic mass is 32.2. The van der Waals surface area contributed by atoms with E-state index in [-0.39, 0.29) is 41.4 Å². The largest absolute Gasteiger partial charge is 0.486 e. The summed E-state index contributed by atoms with van der Waals surface area (Å²) in [6.07, 6.45) is 1.02. The topological polar surface area (TPSA) is 105 Å². The SMILES string of the molecule is CCC(C)NC(=O)C(CC)N(Cc1ccc(C)cc1)C(=O)CN(c1ccc(F)cc1)S(=O)(=O)c1ccc2c(c1)OCCO2. The van der Waals surface area contributed by atoms with Gasteiger partial charge in [0.2, 0.25) is 11.8 Å². The summed E-state index contributed by atoms with van der Waals surface area (Å²) in [5, 5.41) is 2.96. The Balaban J connectivity index is 1.74. The molecule has 0 radical (unpaired) electrons. The van der Waals surface area contributed by atoms with Crippen molar-refractivity contribution in [1.82, 2.24) is 10.2 Å². The zero-order valence-corrected chi connectivity index (χ0v) is 25.7. The molecule has 1 heterocycles. The minimum atomic E-state index is -4.36. The van der Waals surface area contributed by atoms with Crippen LogP contribution in [0.1, 0.15) is 44.7 Å². The Hall–Kier alpha value is -4.12. The highest BCUT2D eigenvalue weighted by Crippen LogP contribution is 2.34. The lowest BCUT2D eigenvalue weighted by molar-refractivity contribution is -0.140. The van der Waals surface area contributed by atoms with Gasteiger partial charge < -0.3 is 19.7 Å². The van der Waals surface area contributed by atoms with Crippen LogP contribution in [0.3, 0.4) is 0 Å². The Morgan fingerprint density at radius 2 is 1.58 bits per heavy atom. The average Bonchev–Trinajstić information content (AvgIpc) is 3.00. The average molecular weight is 612 g/mol. The number of anilines is 1. The first-order valence-electron chi connectivity index (χ1n) is 14.4. The summed E-state index contributed by atoms with van der Waals surface area (Å²) < 4.78 is 54.1. The second-order valence-corrected chi connectivity index (χ2v) is 12.4. The Bertz CT molecular complexity index is 1530. The van der Waals surface area contributed by atoms with Gasteiger partial charge in [-0.15, -0.1) is 0 Å². The number of nitrogens with one attached hydrogen (secondary N) is 1. The van der Waals surface area contributed by atoms with Gasteiger partial charge in [0.05, 0.1) is 10.6 Å². The number of aryl methyl sites for hydroxylation is 1. The van der Waals surface area contributed by atoms with Crippen molar-refractivity contribution in [3.05, 3.63) is 83.7 Å². The zero-order chi connectivity index (χ0) is 31.1. The van der Waals surface area contributed by atoms with Gasteiger partial charge in [-0.25, -0.2) is 12.8 Å². The van der Waals surface area contributed by atoms with Crippen LogP contribution in [0.25, 0.3) is 0 Å². The smallest absolute Gasteiger partial charge is 0.264 e. The van der Waals surface area contributed by atoms with Crippen molar-refractivity contribution in [1.29, 1.82) is 0 Å². The first-order valence-corrected chi connectivity index (χ1v) is 15.8. The second-order valence-electron chi connectivity index (χ2n) is 10.5. The van der Waals surface area contributed by atoms with E-state index in [0.29, 0.717) is 25.2 Å². The number of hydrogen-bond donors (Lipinski definition) is 1. The summed E-state index contributed by atoms with van der Waals surface area (Å²) in [7, 11) is -4.36. The van der Waals surface area contributed by atoms with Gasteiger partial charge in [-0.3, -0.25) is 13.9 Å². The van der Waals surface area contributed by atoms with Crippen molar-refractivity contribution in [2.75, 3.05) is 24.1 Å². The van der Waals surface area contributed by atoms with Gasteiger partial charge in [-0.1, -0.05) is 43.7 Å². The van der Waals surface area contributed by atoms with E-state index < -0.39 is 34.3 Å². The number of benzene rings is 3. The quantitative estimate of drug-likeness (QED) is 0.315. The van der Waals surface area contributed by atoms with Crippen molar-refractivity contribution in [3.63, 3.8) is 0 Å². The molecule has 43 heavy (non-hydrogen) atoms. The maximum absolute atomic E-state index is 14.2. The molecule has 0 fully saturated rings. The van der Waals surface area contributed by atoms with Crippen LogP contribution in [0.15, 0.2) is 71.6 Å². The van der Waals surface area contributed by atoms with E-state index in [9.17, 15) is 22.4 Å². The first-order chi connectivity index (χ1) is 20.5. The fourth-order valence-corrected chi connectivity index (χ4v) is 6.13. The van der Waals surface area contributed by atoms with Gasteiger partial charge in [0.25, 0.3) is 10.0 Å². The lowest BCUT2D eigenvalue weighted by atomic mass is 10.1. The summed E-state index contributed by atoms with van der Waals surface area (Å²) in [5.41, 5.74) is 1.92. The third-order valence-corrected chi connectivity index (χ3v) is 9.13. The number of carbonyl (C=O) groups excluding carboxylic acids is 2. The maximum atomic E-state index is 14.2. The third-order valence-electron chi connectivity index (χ3n) is 7.36. The minimum Gasteiger partial charge on any atom is -0.486 e. The predicted molar refractivity (Wildman–Crippen MR) is 162 cm³/mol. The van der Waals surface area contributed by atoms with Gasteiger partial charge in [0.15, 0.2) is 11.5 Å². The summed E-state index contributed by atoms with van der Waals surface area (Å²) in [6, 6.07) is 15.7. The lowest BCUT2D eigenvalue weighted by Gasteiger charge is -2.34. The molecule has 0 aromatic heterocycles. The molecule has 1 aliphatic heterocycles. The van der Waals surface area contributed by atoms with Crippen LogP contribution < -0.4 is 19.1 Å². The minimum absolute atomic E-state index is 0.0902. The van der Waals surface area contributed by atoms with E-state index in [1.54, 1.807) is 6.92 Å². The van der Waals surface area contributed by atoms with Gasteiger partial charge >= 0.3 is 0 Å². The number of fused-ring (bicyclic) bond motifs is 1. The summed E-state index contributed by atoms with van der Waals surface area (Å²) in [6.45, 7) is 7.66. The zero-order valence-electron chi connectivity index (χ0n) is 24.9. The molecule has 3 aromatic carbocycles. The maximum Gasteiger partial charge on any atom is 0.264 e. The van der Waals surface area contributed by atoms with Gasteiger partial charge in [-0.2, -0.15) is 0 Å². The molecule has 2 unspecified atom stereocenters. The monoisotopic (exact) mass is 611 g/mol. The Kier molecular flexibility index (Phi) is 10.3. The molecule has 0 aliphatic carbocycles. The van der Waals surface area contributed by atoms with E-state index in [4.69, 9.17) is 9.47 Å². The summed E-state index contributed by atoms with van der Waals surface area (Å²) >= 11 is 0. The van der Waals surface area contributed by atoms with Crippen molar-refractivity contribution in [2.24, 2.45) is 0 Å². The number of amides is 2. The third kappa shape index (κ3) is 7.64. The Labute approximate surface area is 252 Å². The van der Waals surface area contributed by atoms with Crippen molar-refractivity contribution in [2.45, 2.75) is 64.1 Å². The van der Waals surface area contributed by atoms with Gasteiger partial charge in [0.1, 0.15) is 31.6 Å². The molecule has 3 aromatic rings. The molecule has 4 rings (SSSR count). The summed E-state index contributed by atoms with van der Waals surface area (Å²) in [4.78, 5) is 28.8. The molecular weight excluding hydrogens is 573 g/mol. The predicted octanol–water partition coefficient (Wildman–Crippen LogP) is 4.82. The molecule has 11 heteroatoms. The van der Waals surface area contributed by atoms with Gasteiger partial charge in [0, 0.05) is 18.7 Å². The van der Waals surface area contributed by atoms with Crippen molar-refractivity contribution < 1.29 is 31.9 Å². The first kappa shape index (κ1) is 31.8. The van der Waals surface area contributed by atoms with Crippen LogP contribution in [0.4, 0.5) is 10.1 Å². The molecule has 230 valence electrons. The van der Waals surface area contributed by atoms with Crippen molar-refractivity contribution in [3.8, 4) is 11.5 Å².